The summed E-state index contributed by atoms with van der Waals surface area (Å²) >= 11 is 0. The summed E-state index contributed by atoms with van der Waals surface area (Å²) < 4.78 is 9.76. The summed E-state index contributed by atoms with van der Waals surface area (Å²) in [7, 11) is 0. The maximum atomic E-state index is 11.6. The fourth-order valence-corrected chi connectivity index (χ4v) is 1.81. The molecule has 0 amide bonds. The van der Waals surface area contributed by atoms with E-state index in [-0.39, 0.29) is 18.0 Å². The third kappa shape index (κ3) is 4.09. The van der Waals surface area contributed by atoms with Gasteiger partial charge >= 0.3 is 11.9 Å². The van der Waals surface area contributed by atoms with Crippen molar-refractivity contribution in [3.63, 3.8) is 0 Å². The molecule has 1 heterocycles. The quantitative estimate of drug-likeness (QED) is 0.532. The molecular weight excluding hydrogens is 222 g/mol. The van der Waals surface area contributed by atoms with Crippen LogP contribution in [-0.2, 0) is 19.1 Å². The van der Waals surface area contributed by atoms with Gasteiger partial charge in [-0.25, -0.2) is 9.59 Å². The van der Waals surface area contributed by atoms with Crippen molar-refractivity contribution < 1.29 is 19.1 Å². The number of hydrogen-bond donors (Lipinski definition) is 0. The first-order valence-electron chi connectivity index (χ1n) is 5.96. The second kappa shape index (κ2) is 6.93. The predicted octanol–water partition coefficient (Wildman–Crippen LogP) is 1.09. The maximum absolute atomic E-state index is 11.6. The number of rotatable bonds is 5. The number of likely N-dealkylation sites (tertiary alicyclic amines) is 1. The van der Waals surface area contributed by atoms with Crippen molar-refractivity contribution >= 4 is 11.9 Å². The summed E-state index contributed by atoms with van der Waals surface area (Å²) in [4.78, 5) is 24.6. The van der Waals surface area contributed by atoms with Gasteiger partial charge in [0.25, 0.3) is 0 Å². The smallest absolute Gasteiger partial charge is 0.332 e. The minimum atomic E-state index is -0.387. The summed E-state index contributed by atoms with van der Waals surface area (Å²) in [5.74, 6) is -0.611. The van der Waals surface area contributed by atoms with E-state index in [0.29, 0.717) is 13.2 Å². The van der Waals surface area contributed by atoms with E-state index in [1.807, 2.05) is 4.90 Å². The van der Waals surface area contributed by atoms with Gasteiger partial charge in [0.05, 0.1) is 13.2 Å². The molecule has 17 heavy (non-hydrogen) atoms. The van der Waals surface area contributed by atoms with Gasteiger partial charge in [-0.3, -0.25) is 0 Å². The Bertz CT molecular complexity index is 301. The lowest BCUT2D eigenvalue weighted by atomic mass is 10.2. The predicted molar refractivity (Wildman–Crippen MR) is 62.1 cm³/mol. The molecule has 0 bridgehead atoms. The Morgan fingerprint density at radius 3 is 2.65 bits per heavy atom. The summed E-state index contributed by atoms with van der Waals surface area (Å²) in [5.41, 5.74) is 0. The Balaban J connectivity index is 2.51. The van der Waals surface area contributed by atoms with Gasteiger partial charge in [-0.15, -0.1) is 0 Å². The van der Waals surface area contributed by atoms with Crippen LogP contribution < -0.4 is 0 Å². The molecule has 0 spiro atoms. The maximum Gasteiger partial charge on any atom is 0.332 e. The minimum absolute atomic E-state index is 0.224. The lowest BCUT2D eigenvalue weighted by molar-refractivity contribution is -0.147. The van der Waals surface area contributed by atoms with Gasteiger partial charge in [-0.2, -0.15) is 0 Å². The molecule has 0 unspecified atom stereocenters. The lowest BCUT2D eigenvalue weighted by Gasteiger charge is -2.20. The Morgan fingerprint density at radius 1 is 1.29 bits per heavy atom. The van der Waals surface area contributed by atoms with E-state index in [1.54, 1.807) is 20.0 Å². The first kappa shape index (κ1) is 13.5. The van der Waals surface area contributed by atoms with Crippen molar-refractivity contribution in [3.8, 4) is 0 Å². The van der Waals surface area contributed by atoms with E-state index in [2.05, 4.69) is 0 Å². The largest absolute Gasteiger partial charge is 0.464 e. The van der Waals surface area contributed by atoms with Crippen molar-refractivity contribution in [1.29, 1.82) is 0 Å². The molecule has 0 aromatic heterocycles. The molecule has 1 aliphatic rings. The summed E-state index contributed by atoms with van der Waals surface area (Å²) in [6.45, 7) is 5.03. The van der Waals surface area contributed by atoms with Crippen LogP contribution in [0.1, 0.15) is 26.7 Å². The molecule has 96 valence electrons. The molecule has 5 heteroatoms. The van der Waals surface area contributed by atoms with Crippen molar-refractivity contribution in [2.24, 2.45) is 0 Å². The number of ether oxygens (including phenoxy) is 2. The average Bonchev–Trinajstić information content (AvgIpc) is 2.75. The van der Waals surface area contributed by atoms with Gasteiger partial charge in [0, 0.05) is 18.8 Å². The molecule has 0 radical (unpaired) electrons. The van der Waals surface area contributed by atoms with E-state index < -0.39 is 0 Å². The van der Waals surface area contributed by atoms with Gasteiger partial charge in [0.2, 0.25) is 0 Å². The highest BCUT2D eigenvalue weighted by molar-refractivity contribution is 5.82. The van der Waals surface area contributed by atoms with Crippen LogP contribution in [-0.4, -0.2) is 42.6 Å². The van der Waals surface area contributed by atoms with Crippen LogP contribution in [0.2, 0.25) is 0 Å². The molecule has 0 aromatic rings. The molecule has 1 fully saturated rings. The molecule has 0 saturated carbocycles. The van der Waals surface area contributed by atoms with Gasteiger partial charge in [-0.1, -0.05) is 0 Å². The van der Waals surface area contributed by atoms with Crippen molar-refractivity contribution in [1.82, 2.24) is 4.90 Å². The summed E-state index contributed by atoms with van der Waals surface area (Å²) in [5, 5.41) is 0. The van der Waals surface area contributed by atoms with Crippen molar-refractivity contribution in [3.05, 3.63) is 12.3 Å². The highest BCUT2D eigenvalue weighted by Gasteiger charge is 2.29. The van der Waals surface area contributed by atoms with Crippen LogP contribution >= 0.6 is 0 Å². The zero-order valence-corrected chi connectivity index (χ0v) is 10.3. The third-order valence-electron chi connectivity index (χ3n) is 2.54. The highest BCUT2D eigenvalue weighted by Crippen LogP contribution is 2.18. The van der Waals surface area contributed by atoms with Crippen LogP contribution in [0.15, 0.2) is 12.3 Å². The van der Waals surface area contributed by atoms with Crippen LogP contribution in [0.3, 0.4) is 0 Å². The lowest BCUT2D eigenvalue weighted by Crippen LogP contribution is -2.33. The zero-order chi connectivity index (χ0) is 12.7. The fraction of sp³-hybridized carbons (Fsp3) is 0.667. The second-order valence-electron chi connectivity index (χ2n) is 3.72. The number of nitrogens with zero attached hydrogens (tertiary/aromatic N) is 1. The first-order valence-corrected chi connectivity index (χ1v) is 5.96. The van der Waals surface area contributed by atoms with Gasteiger partial charge in [0.1, 0.15) is 6.04 Å². The molecule has 1 atom stereocenters. The normalized spacial score (nSPS) is 19.6. The van der Waals surface area contributed by atoms with Crippen molar-refractivity contribution in [2.45, 2.75) is 32.7 Å². The highest BCUT2D eigenvalue weighted by atomic mass is 16.5. The van der Waals surface area contributed by atoms with Crippen LogP contribution in [0.4, 0.5) is 0 Å². The molecule has 1 rings (SSSR count). The monoisotopic (exact) mass is 241 g/mol. The molecule has 0 aliphatic carbocycles. The van der Waals surface area contributed by atoms with Crippen LogP contribution in [0.5, 0.6) is 0 Å². The fourth-order valence-electron chi connectivity index (χ4n) is 1.81. The SMILES string of the molecule is CCOC(=O)C=CN1CCC[C@H]1C(=O)OCC. The molecule has 1 saturated heterocycles. The molecule has 0 aromatic carbocycles. The van der Waals surface area contributed by atoms with E-state index in [9.17, 15) is 9.59 Å². The zero-order valence-electron chi connectivity index (χ0n) is 10.3. The second-order valence-corrected chi connectivity index (χ2v) is 3.72. The summed E-state index contributed by atoms with van der Waals surface area (Å²) in [6, 6.07) is -0.263. The van der Waals surface area contributed by atoms with Gasteiger partial charge in [-0.05, 0) is 26.7 Å². The van der Waals surface area contributed by atoms with Gasteiger partial charge in [0.15, 0.2) is 0 Å². The molecule has 0 N–H and O–H groups in total. The van der Waals surface area contributed by atoms with Crippen LogP contribution in [0, 0.1) is 0 Å². The van der Waals surface area contributed by atoms with E-state index >= 15 is 0 Å². The average molecular weight is 241 g/mol. The third-order valence-corrected chi connectivity index (χ3v) is 2.54. The molecule has 5 nitrogen and oxygen atoms in total. The first-order chi connectivity index (χ1) is 8.19. The Labute approximate surface area is 101 Å². The standard InChI is InChI=1S/C12H19NO4/c1-3-16-11(14)7-9-13-8-5-6-10(13)12(15)17-4-2/h7,9-10H,3-6,8H2,1-2H3/t10-/m0/s1. The van der Waals surface area contributed by atoms with E-state index in [1.165, 1.54) is 6.08 Å². The number of carbonyl (C=O) groups excluding carboxylic acids is 2. The topological polar surface area (TPSA) is 55.8 Å². The number of hydrogen-bond acceptors (Lipinski definition) is 5. The van der Waals surface area contributed by atoms with E-state index in [0.717, 1.165) is 19.4 Å². The van der Waals surface area contributed by atoms with Crippen molar-refractivity contribution in [2.75, 3.05) is 19.8 Å². The number of esters is 2. The molecule has 1 aliphatic heterocycles. The Morgan fingerprint density at radius 2 is 2.00 bits per heavy atom. The summed E-state index contributed by atoms with van der Waals surface area (Å²) in [6.07, 6.45) is 4.66. The Hall–Kier alpha value is -1.52. The molecular formula is C12H19NO4. The minimum Gasteiger partial charge on any atom is -0.464 e. The number of carbonyl (C=O) groups is 2. The van der Waals surface area contributed by atoms with E-state index in [4.69, 9.17) is 9.47 Å². The van der Waals surface area contributed by atoms with Crippen LogP contribution in [0.25, 0.3) is 0 Å². The Kier molecular flexibility index (Phi) is 5.52. The van der Waals surface area contributed by atoms with Gasteiger partial charge < -0.3 is 14.4 Å².